The molecule has 0 radical (unpaired) electrons. The lowest BCUT2D eigenvalue weighted by Crippen LogP contribution is -2.45. The van der Waals surface area contributed by atoms with Crippen LogP contribution in [0.2, 0.25) is 0 Å². The first-order valence-corrected chi connectivity index (χ1v) is 8.97. The predicted octanol–water partition coefficient (Wildman–Crippen LogP) is 1.74. The Labute approximate surface area is 118 Å². The van der Waals surface area contributed by atoms with Gasteiger partial charge in [-0.05, 0) is 36.8 Å². The van der Waals surface area contributed by atoms with Gasteiger partial charge in [0.2, 0.25) is 10.0 Å². The molecular weight excluding hydrogens is 282 g/mol. The zero-order valence-corrected chi connectivity index (χ0v) is 12.6. The maximum atomic E-state index is 12.2. The van der Waals surface area contributed by atoms with Crippen LogP contribution in [0.5, 0.6) is 0 Å². The van der Waals surface area contributed by atoms with Crippen LogP contribution in [-0.2, 0) is 16.6 Å². The Bertz CT molecular complexity index is 516. The van der Waals surface area contributed by atoms with Crippen molar-refractivity contribution in [2.75, 3.05) is 12.8 Å². The lowest BCUT2D eigenvalue weighted by atomic mass is 9.84. The van der Waals surface area contributed by atoms with Gasteiger partial charge in [0.25, 0.3) is 0 Å². The highest BCUT2D eigenvalue weighted by Gasteiger charge is 2.37. The van der Waals surface area contributed by atoms with Crippen molar-refractivity contribution in [1.82, 2.24) is 4.72 Å². The van der Waals surface area contributed by atoms with Crippen molar-refractivity contribution in [3.05, 3.63) is 29.8 Å². The first-order valence-electron chi connectivity index (χ1n) is 6.26. The van der Waals surface area contributed by atoms with Gasteiger partial charge in [-0.3, -0.25) is 0 Å². The number of hydrogen-bond donors (Lipinski definition) is 2. The second-order valence-electron chi connectivity index (χ2n) is 4.87. The average Bonchev–Trinajstić information content (AvgIpc) is 2.38. The molecule has 0 bridgehead atoms. The van der Waals surface area contributed by atoms with Crippen LogP contribution in [0.15, 0.2) is 29.2 Å². The summed E-state index contributed by atoms with van der Waals surface area (Å²) in [4.78, 5) is 0.250. The third kappa shape index (κ3) is 3.31. The van der Waals surface area contributed by atoms with Gasteiger partial charge < -0.3 is 5.11 Å². The molecule has 0 amide bonds. The SMILES string of the molecule is CSC1(CNS(=O)(=O)c2ccc(CO)cc2)CCC1. The van der Waals surface area contributed by atoms with Crippen LogP contribution in [0.1, 0.15) is 24.8 Å². The minimum atomic E-state index is -3.45. The Balaban J connectivity index is 2.05. The molecule has 1 saturated carbocycles. The Morgan fingerprint density at radius 1 is 1.32 bits per heavy atom. The highest BCUT2D eigenvalue weighted by atomic mass is 32.2. The molecule has 0 aromatic heterocycles. The summed E-state index contributed by atoms with van der Waals surface area (Å²) in [5, 5.41) is 8.94. The number of sulfonamides is 1. The van der Waals surface area contributed by atoms with Crippen LogP contribution in [-0.4, -0.2) is 31.1 Å². The highest BCUT2D eigenvalue weighted by molar-refractivity contribution is 8.00. The molecule has 6 heteroatoms. The average molecular weight is 301 g/mol. The van der Waals surface area contributed by atoms with Gasteiger partial charge in [0.15, 0.2) is 0 Å². The lowest BCUT2D eigenvalue weighted by molar-refractivity contribution is 0.282. The van der Waals surface area contributed by atoms with Gasteiger partial charge in [0, 0.05) is 11.3 Å². The fourth-order valence-electron chi connectivity index (χ4n) is 2.11. The van der Waals surface area contributed by atoms with E-state index >= 15 is 0 Å². The minimum absolute atomic E-state index is 0.0800. The van der Waals surface area contributed by atoms with E-state index in [2.05, 4.69) is 4.72 Å². The molecule has 106 valence electrons. The van der Waals surface area contributed by atoms with Gasteiger partial charge >= 0.3 is 0 Å². The molecule has 1 aromatic rings. The van der Waals surface area contributed by atoms with Crippen LogP contribution in [0.3, 0.4) is 0 Å². The molecular formula is C13H19NO3S2. The summed E-state index contributed by atoms with van der Waals surface area (Å²) in [5.74, 6) is 0. The van der Waals surface area contributed by atoms with E-state index in [4.69, 9.17) is 5.11 Å². The smallest absolute Gasteiger partial charge is 0.240 e. The van der Waals surface area contributed by atoms with Gasteiger partial charge in [0.1, 0.15) is 0 Å². The number of rotatable bonds is 6. The molecule has 1 aromatic carbocycles. The van der Waals surface area contributed by atoms with Crippen molar-refractivity contribution >= 4 is 21.8 Å². The predicted molar refractivity (Wildman–Crippen MR) is 77.7 cm³/mol. The van der Waals surface area contributed by atoms with Crippen LogP contribution in [0.25, 0.3) is 0 Å². The zero-order valence-electron chi connectivity index (χ0n) is 10.9. The fraction of sp³-hybridized carbons (Fsp3) is 0.538. The zero-order chi connectivity index (χ0) is 13.9. The quantitative estimate of drug-likeness (QED) is 0.840. The number of hydrogen-bond acceptors (Lipinski definition) is 4. The Morgan fingerprint density at radius 3 is 2.37 bits per heavy atom. The molecule has 0 atom stereocenters. The second-order valence-corrected chi connectivity index (χ2v) is 7.91. The van der Waals surface area contributed by atoms with E-state index in [1.807, 2.05) is 6.26 Å². The summed E-state index contributed by atoms with van der Waals surface area (Å²) >= 11 is 1.74. The van der Waals surface area contributed by atoms with E-state index in [0.717, 1.165) is 12.8 Å². The summed E-state index contributed by atoms with van der Waals surface area (Å²) in [7, 11) is -3.45. The summed E-state index contributed by atoms with van der Waals surface area (Å²) in [5.41, 5.74) is 0.707. The molecule has 4 nitrogen and oxygen atoms in total. The Morgan fingerprint density at radius 2 is 1.95 bits per heavy atom. The summed E-state index contributed by atoms with van der Waals surface area (Å²) < 4.78 is 27.1. The topological polar surface area (TPSA) is 66.4 Å². The van der Waals surface area contributed by atoms with Crippen LogP contribution in [0.4, 0.5) is 0 Å². The molecule has 0 aliphatic heterocycles. The summed E-state index contributed by atoms with van der Waals surface area (Å²) in [6.45, 7) is 0.404. The molecule has 0 spiro atoms. The normalized spacial score (nSPS) is 18.0. The molecule has 1 fully saturated rings. The molecule has 1 aliphatic carbocycles. The molecule has 0 heterocycles. The maximum Gasteiger partial charge on any atom is 0.240 e. The van der Waals surface area contributed by atoms with E-state index in [-0.39, 0.29) is 16.2 Å². The van der Waals surface area contributed by atoms with Gasteiger partial charge in [-0.25, -0.2) is 13.1 Å². The van der Waals surface area contributed by atoms with E-state index in [1.165, 1.54) is 18.6 Å². The van der Waals surface area contributed by atoms with Crippen LogP contribution >= 0.6 is 11.8 Å². The Hall–Kier alpha value is -0.560. The lowest BCUT2D eigenvalue weighted by Gasteiger charge is -2.40. The van der Waals surface area contributed by atoms with Crippen LogP contribution in [0, 0.1) is 0 Å². The van der Waals surface area contributed by atoms with Crippen molar-refractivity contribution in [3.63, 3.8) is 0 Å². The molecule has 0 saturated heterocycles. The Kier molecular flexibility index (Phi) is 4.55. The first-order chi connectivity index (χ1) is 9.01. The number of nitrogens with one attached hydrogen (secondary N) is 1. The molecule has 1 aliphatic rings. The number of aliphatic hydroxyl groups excluding tert-OH is 1. The standard InChI is InChI=1S/C13H19NO3S2/c1-18-13(7-2-8-13)10-14-19(16,17)12-5-3-11(9-15)4-6-12/h3-6,14-15H,2,7-10H2,1H3. The van der Waals surface area contributed by atoms with Gasteiger partial charge in [-0.15, -0.1) is 0 Å². The maximum absolute atomic E-state index is 12.2. The van der Waals surface area contributed by atoms with Crippen LogP contribution < -0.4 is 4.72 Å². The van der Waals surface area contributed by atoms with E-state index in [0.29, 0.717) is 12.1 Å². The molecule has 0 unspecified atom stereocenters. The molecule has 19 heavy (non-hydrogen) atoms. The minimum Gasteiger partial charge on any atom is -0.392 e. The number of thioether (sulfide) groups is 1. The second kappa shape index (κ2) is 5.83. The van der Waals surface area contributed by atoms with Crippen molar-refractivity contribution in [2.24, 2.45) is 0 Å². The third-order valence-corrected chi connectivity index (χ3v) is 6.53. The van der Waals surface area contributed by atoms with Crippen molar-refractivity contribution in [2.45, 2.75) is 35.5 Å². The van der Waals surface area contributed by atoms with Crippen molar-refractivity contribution < 1.29 is 13.5 Å². The summed E-state index contributed by atoms with van der Waals surface area (Å²) in [6, 6.07) is 6.31. The van der Waals surface area contributed by atoms with E-state index < -0.39 is 10.0 Å². The number of aliphatic hydroxyl groups is 1. The first kappa shape index (κ1) is 14.8. The number of benzene rings is 1. The van der Waals surface area contributed by atoms with E-state index in [9.17, 15) is 8.42 Å². The van der Waals surface area contributed by atoms with Crippen molar-refractivity contribution in [3.8, 4) is 0 Å². The van der Waals surface area contributed by atoms with Crippen molar-refractivity contribution in [1.29, 1.82) is 0 Å². The van der Waals surface area contributed by atoms with Gasteiger partial charge in [-0.1, -0.05) is 18.6 Å². The van der Waals surface area contributed by atoms with E-state index in [1.54, 1.807) is 23.9 Å². The van der Waals surface area contributed by atoms with Gasteiger partial charge in [-0.2, -0.15) is 11.8 Å². The van der Waals surface area contributed by atoms with Gasteiger partial charge in [0.05, 0.1) is 11.5 Å². The highest BCUT2D eigenvalue weighted by Crippen LogP contribution is 2.42. The fourth-order valence-corrected chi connectivity index (χ4v) is 4.24. The summed E-state index contributed by atoms with van der Waals surface area (Å²) in [6.07, 6.45) is 5.34. The monoisotopic (exact) mass is 301 g/mol. The largest absolute Gasteiger partial charge is 0.392 e. The molecule has 2 N–H and O–H groups in total. The third-order valence-electron chi connectivity index (χ3n) is 3.70. The molecule has 2 rings (SSSR count).